The molecule has 1 fully saturated rings. The van der Waals surface area contributed by atoms with Crippen molar-refractivity contribution < 1.29 is 28.5 Å². The second-order valence-electron chi connectivity index (χ2n) is 7.60. The first-order valence-corrected chi connectivity index (χ1v) is 10.9. The molecule has 174 valence electrons. The molecule has 1 heterocycles. The molecule has 1 aliphatic heterocycles. The topological polar surface area (TPSA) is 74.3 Å². The summed E-state index contributed by atoms with van der Waals surface area (Å²) in [5, 5.41) is 0. The van der Waals surface area contributed by atoms with E-state index in [-0.39, 0.29) is 12.3 Å². The van der Waals surface area contributed by atoms with Gasteiger partial charge in [-0.3, -0.25) is 4.79 Å². The maximum atomic E-state index is 12.7. The molecule has 34 heavy (non-hydrogen) atoms. The number of hydrogen-bond acceptors (Lipinski definition) is 6. The summed E-state index contributed by atoms with van der Waals surface area (Å²) in [5.74, 6) is 2.16. The number of methoxy groups -OCH3 is 2. The van der Waals surface area contributed by atoms with Gasteiger partial charge < -0.3 is 18.9 Å². The summed E-state index contributed by atoms with van der Waals surface area (Å²) >= 11 is 0. The van der Waals surface area contributed by atoms with E-state index in [0.717, 1.165) is 22.0 Å². The van der Waals surface area contributed by atoms with Crippen LogP contribution in [0.15, 0.2) is 78.6 Å². The van der Waals surface area contributed by atoms with Crippen LogP contribution in [0.25, 0.3) is 6.08 Å². The molecule has 4 rings (SSSR count). The number of amides is 2. The fourth-order valence-electron chi connectivity index (χ4n) is 3.56. The molecule has 0 bridgehead atoms. The monoisotopic (exact) mass is 459 g/mol. The van der Waals surface area contributed by atoms with Gasteiger partial charge in [-0.25, -0.2) is 9.69 Å². The van der Waals surface area contributed by atoms with Crippen molar-refractivity contribution in [1.82, 2.24) is 4.90 Å². The largest absolute Gasteiger partial charge is 0.497 e. The van der Waals surface area contributed by atoms with Crippen molar-refractivity contribution in [3.05, 3.63) is 89.7 Å². The van der Waals surface area contributed by atoms with Gasteiger partial charge in [0, 0.05) is 18.2 Å². The van der Waals surface area contributed by atoms with E-state index in [4.69, 9.17) is 18.9 Å². The molecule has 0 radical (unpaired) electrons. The highest BCUT2D eigenvalue weighted by Crippen LogP contribution is 2.29. The number of imide groups is 1. The number of ether oxygens (including phenoxy) is 4. The minimum atomic E-state index is -0.671. The van der Waals surface area contributed by atoms with Crippen LogP contribution in [0.2, 0.25) is 0 Å². The first-order valence-electron chi connectivity index (χ1n) is 10.9. The lowest BCUT2D eigenvalue weighted by atomic mass is 10.1. The molecule has 7 nitrogen and oxygen atoms in total. The molecule has 3 aromatic carbocycles. The van der Waals surface area contributed by atoms with Crippen molar-refractivity contribution in [3.63, 3.8) is 0 Å². The van der Waals surface area contributed by atoms with Crippen LogP contribution >= 0.6 is 0 Å². The van der Waals surface area contributed by atoms with Crippen molar-refractivity contribution in [2.75, 3.05) is 20.8 Å². The molecule has 0 spiro atoms. The predicted molar refractivity (Wildman–Crippen MR) is 127 cm³/mol. The summed E-state index contributed by atoms with van der Waals surface area (Å²) in [6.45, 7) is 0.261. The maximum Gasteiger partial charge on any atom is 0.422 e. The van der Waals surface area contributed by atoms with Crippen LogP contribution in [0.1, 0.15) is 17.5 Å². The SMILES string of the molecule is COc1ccc(/C=C2/OC(=O)N(CCCc3ccc(Oc4ccccc4)cc3)C2=O)c(OC)c1. The number of rotatable bonds is 9. The summed E-state index contributed by atoms with van der Waals surface area (Å²) in [4.78, 5) is 26.1. The lowest BCUT2D eigenvalue weighted by molar-refractivity contribution is -0.123. The normalized spacial score (nSPS) is 14.3. The summed E-state index contributed by atoms with van der Waals surface area (Å²) < 4.78 is 21.5. The van der Waals surface area contributed by atoms with Gasteiger partial charge in [0.05, 0.1) is 14.2 Å². The predicted octanol–water partition coefficient (Wildman–Crippen LogP) is 5.45. The molecular formula is C27H25NO6. The molecule has 0 N–H and O–H groups in total. The van der Waals surface area contributed by atoms with Crippen molar-refractivity contribution in [2.24, 2.45) is 0 Å². The Labute approximate surface area is 198 Å². The average molecular weight is 459 g/mol. The molecule has 0 unspecified atom stereocenters. The highest BCUT2D eigenvalue weighted by atomic mass is 16.6. The van der Waals surface area contributed by atoms with Gasteiger partial charge in [-0.05, 0) is 60.9 Å². The molecule has 0 aromatic heterocycles. The fraction of sp³-hybridized carbons (Fsp3) is 0.185. The van der Waals surface area contributed by atoms with Crippen LogP contribution in [-0.2, 0) is 16.0 Å². The van der Waals surface area contributed by atoms with Crippen LogP contribution in [0.4, 0.5) is 4.79 Å². The van der Waals surface area contributed by atoms with Gasteiger partial charge in [-0.15, -0.1) is 0 Å². The summed E-state index contributed by atoms with van der Waals surface area (Å²) in [6.07, 6.45) is 2.15. The summed E-state index contributed by atoms with van der Waals surface area (Å²) in [6, 6.07) is 22.5. The Morgan fingerprint density at radius 2 is 1.56 bits per heavy atom. The maximum absolute atomic E-state index is 12.7. The third-order valence-corrected chi connectivity index (χ3v) is 5.35. The second kappa shape index (κ2) is 10.6. The van der Waals surface area contributed by atoms with Gasteiger partial charge >= 0.3 is 6.09 Å². The number of cyclic esters (lactones) is 1. The van der Waals surface area contributed by atoms with E-state index in [9.17, 15) is 9.59 Å². The summed E-state index contributed by atoms with van der Waals surface area (Å²) in [5.41, 5.74) is 1.69. The zero-order valence-electron chi connectivity index (χ0n) is 19.0. The van der Waals surface area contributed by atoms with Gasteiger partial charge in [0.25, 0.3) is 5.91 Å². The summed E-state index contributed by atoms with van der Waals surface area (Å²) in [7, 11) is 3.08. The van der Waals surface area contributed by atoms with E-state index in [1.165, 1.54) is 13.2 Å². The number of carbonyl (C=O) groups is 2. The third-order valence-electron chi connectivity index (χ3n) is 5.35. The van der Waals surface area contributed by atoms with Crippen LogP contribution in [-0.4, -0.2) is 37.7 Å². The number of benzene rings is 3. The Bertz CT molecular complexity index is 1190. The molecule has 7 heteroatoms. The van der Waals surface area contributed by atoms with Crippen molar-refractivity contribution >= 4 is 18.1 Å². The van der Waals surface area contributed by atoms with Crippen LogP contribution < -0.4 is 14.2 Å². The van der Waals surface area contributed by atoms with E-state index in [1.54, 1.807) is 25.3 Å². The van der Waals surface area contributed by atoms with E-state index < -0.39 is 12.0 Å². The van der Waals surface area contributed by atoms with Gasteiger partial charge in [-0.1, -0.05) is 30.3 Å². The molecule has 2 amide bonds. The minimum Gasteiger partial charge on any atom is -0.497 e. The Kier molecular flexibility index (Phi) is 7.13. The Balaban J connectivity index is 1.34. The third kappa shape index (κ3) is 5.38. The molecule has 0 atom stereocenters. The van der Waals surface area contributed by atoms with Gasteiger partial charge in [0.1, 0.15) is 23.0 Å². The standard InChI is InChI=1S/C27H25NO6/c1-31-23-15-12-20(24(18-23)32-2)17-25-26(29)28(27(30)34-25)16-6-7-19-10-13-22(14-11-19)33-21-8-4-3-5-9-21/h3-5,8-15,17-18H,6-7,16H2,1-2H3/b25-17+. The van der Waals surface area contributed by atoms with Crippen molar-refractivity contribution in [3.8, 4) is 23.0 Å². The van der Waals surface area contributed by atoms with Crippen LogP contribution in [0.5, 0.6) is 23.0 Å². The molecular weight excluding hydrogens is 434 g/mol. The first kappa shape index (κ1) is 22.9. The van der Waals surface area contributed by atoms with Crippen molar-refractivity contribution in [2.45, 2.75) is 12.8 Å². The highest BCUT2D eigenvalue weighted by Gasteiger charge is 2.36. The van der Waals surface area contributed by atoms with E-state index in [2.05, 4.69) is 0 Å². The van der Waals surface area contributed by atoms with Gasteiger partial charge in [-0.2, -0.15) is 0 Å². The molecule has 1 aliphatic rings. The second-order valence-corrected chi connectivity index (χ2v) is 7.60. The lowest BCUT2D eigenvalue weighted by Crippen LogP contribution is -2.30. The van der Waals surface area contributed by atoms with Gasteiger partial charge in [0.2, 0.25) is 0 Å². The van der Waals surface area contributed by atoms with E-state index in [1.807, 2.05) is 54.6 Å². The fourth-order valence-corrected chi connectivity index (χ4v) is 3.56. The molecule has 1 saturated heterocycles. The Morgan fingerprint density at radius 1 is 0.853 bits per heavy atom. The highest BCUT2D eigenvalue weighted by molar-refractivity contribution is 6.10. The number of nitrogens with zero attached hydrogens (tertiary/aromatic N) is 1. The van der Waals surface area contributed by atoms with E-state index >= 15 is 0 Å². The van der Waals surface area contributed by atoms with Crippen LogP contribution in [0.3, 0.4) is 0 Å². The van der Waals surface area contributed by atoms with E-state index in [0.29, 0.717) is 29.9 Å². The number of carbonyl (C=O) groups excluding carboxylic acids is 2. The van der Waals surface area contributed by atoms with Crippen molar-refractivity contribution in [1.29, 1.82) is 0 Å². The minimum absolute atomic E-state index is 0.0316. The number of aryl methyl sites for hydroxylation is 1. The zero-order chi connectivity index (χ0) is 23.9. The quantitative estimate of drug-likeness (QED) is 0.396. The average Bonchev–Trinajstić information content (AvgIpc) is 3.13. The lowest BCUT2D eigenvalue weighted by Gasteiger charge is -2.10. The number of para-hydroxylation sites is 1. The Morgan fingerprint density at radius 3 is 2.26 bits per heavy atom. The van der Waals surface area contributed by atoms with Crippen LogP contribution in [0, 0.1) is 0 Å². The zero-order valence-corrected chi connectivity index (χ0v) is 19.0. The molecule has 3 aromatic rings. The smallest absolute Gasteiger partial charge is 0.422 e. The Hall–Kier alpha value is -4.26. The first-order chi connectivity index (χ1) is 16.6. The molecule has 0 aliphatic carbocycles. The molecule has 0 saturated carbocycles. The number of hydrogen-bond donors (Lipinski definition) is 0. The van der Waals surface area contributed by atoms with Gasteiger partial charge in [0.15, 0.2) is 5.76 Å².